The van der Waals surface area contributed by atoms with Gasteiger partial charge in [0.2, 0.25) is 0 Å². The van der Waals surface area contributed by atoms with Crippen LogP contribution in [-0.2, 0) is 11.2 Å². The number of nitrogens with one attached hydrogen (secondary N) is 2. The van der Waals surface area contributed by atoms with Crippen LogP contribution in [0.15, 0.2) is 59.6 Å². The van der Waals surface area contributed by atoms with E-state index < -0.39 is 0 Å². The van der Waals surface area contributed by atoms with Gasteiger partial charge in [-0.1, -0.05) is 42.5 Å². The van der Waals surface area contributed by atoms with Crippen LogP contribution in [0.2, 0.25) is 0 Å². The van der Waals surface area contributed by atoms with Gasteiger partial charge >= 0.3 is 0 Å². The van der Waals surface area contributed by atoms with E-state index in [1.807, 2.05) is 18.2 Å². The van der Waals surface area contributed by atoms with Crippen molar-refractivity contribution in [1.82, 2.24) is 10.6 Å². The van der Waals surface area contributed by atoms with Gasteiger partial charge in [0.1, 0.15) is 5.82 Å². The number of rotatable bonds is 7. The van der Waals surface area contributed by atoms with Crippen LogP contribution < -0.4 is 10.6 Å². The summed E-state index contributed by atoms with van der Waals surface area (Å²) in [6.07, 6.45) is 3.14. The Bertz CT molecular complexity index is 740. The van der Waals surface area contributed by atoms with Gasteiger partial charge in [-0.3, -0.25) is 4.99 Å². The van der Waals surface area contributed by atoms with Crippen LogP contribution in [0.5, 0.6) is 0 Å². The van der Waals surface area contributed by atoms with E-state index >= 15 is 0 Å². The molecule has 29 heavy (non-hydrogen) atoms. The number of aliphatic imine (C=N–C) groups is 1. The first-order valence-electron chi connectivity index (χ1n) is 10.2. The predicted molar refractivity (Wildman–Crippen MR) is 127 cm³/mol. The molecule has 2 N–H and O–H groups in total. The maximum Gasteiger partial charge on any atom is 0.191 e. The first kappa shape index (κ1) is 23.6. The molecule has 4 nitrogen and oxygen atoms in total. The van der Waals surface area contributed by atoms with E-state index in [1.54, 1.807) is 0 Å². The smallest absolute Gasteiger partial charge is 0.191 e. The van der Waals surface area contributed by atoms with Crippen molar-refractivity contribution in [2.75, 3.05) is 26.2 Å². The van der Waals surface area contributed by atoms with Crippen LogP contribution in [0.4, 0.5) is 4.39 Å². The van der Waals surface area contributed by atoms with Crippen molar-refractivity contribution >= 4 is 29.9 Å². The van der Waals surface area contributed by atoms with Crippen molar-refractivity contribution in [2.45, 2.75) is 32.3 Å². The molecule has 2 aromatic carbocycles. The summed E-state index contributed by atoms with van der Waals surface area (Å²) in [6, 6.07) is 17.1. The van der Waals surface area contributed by atoms with E-state index in [9.17, 15) is 4.39 Å². The Hall–Kier alpha value is -1.67. The van der Waals surface area contributed by atoms with Gasteiger partial charge in [-0.2, -0.15) is 0 Å². The molecule has 0 amide bonds. The Morgan fingerprint density at radius 1 is 1.10 bits per heavy atom. The number of guanidine groups is 1. The van der Waals surface area contributed by atoms with Crippen LogP contribution in [0.3, 0.4) is 0 Å². The van der Waals surface area contributed by atoms with Crippen molar-refractivity contribution in [3.63, 3.8) is 0 Å². The fraction of sp³-hybridized carbons (Fsp3) is 0.435. The van der Waals surface area contributed by atoms with E-state index in [0.717, 1.165) is 57.0 Å². The molecular formula is C23H31FIN3O. The van der Waals surface area contributed by atoms with Gasteiger partial charge in [-0.05, 0) is 49.4 Å². The minimum Gasteiger partial charge on any atom is -0.373 e. The summed E-state index contributed by atoms with van der Waals surface area (Å²) in [4.78, 5) is 4.81. The summed E-state index contributed by atoms with van der Waals surface area (Å²) < 4.78 is 19.1. The third kappa shape index (κ3) is 7.59. The molecule has 1 fully saturated rings. The zero-order chi connectivity index (χ0) is 19.6. The first-order valence-corrected chi connectivity index (χ1v) is 10.2. The van der Waals surface area contributed by atoms with E-state index in [4.69, 9.17) is 9.73 Å². The monoisotopic (exact) mass is 511 g/mol. The molecule has 2 unspecified atom stereocenters. The second kappa shape index (κ2) is 12.8. The highest BCUT2D eigenvalue weighted by molar-refractivity contribution is 14.0. The molecule has 158 valence electrons. The molecule has 3 rings (SSSR count). The fourth-order valence-corrected chi connectivity index (χ4v) is 3.57. The summed E-state index contributed by atoms with van der Waals surface area (Å²) in [5.41, 5.74) is 2.34. The Morgan fingerprint density at radius 2 is 1.86 bits per heavy atom. The number of hydrogen-bond donors (Lipinski definition) is 2. The molecule has 0 aliphatic carbocycles. The van der Waals surface area contributed by atoms with Crippen molar-refractivity contribution < 1.29 is 9.13 Å². The Kier molecular flexibility index (Phi) is 10.4. The van der Waals surface area contributed by atoms with Crippen molar-refractivity contribution in [1.29, 1.82) is 0 Å². The molecule has 0 radical (unpaired) electrons. The van der Waals surface area contributed by atoms with Crippen molar-refractivity contribution in [3.05, 3.63) is 71.5 Å². The van der Waals surface area contributed by atoms with E-state index in [1.165, 1.54) is 17.7 Å². The van der Waals surface area contributed by atoms with Gasteiger partial charge in [0.15, 0.2) is 5.96 Å². The van der Waals surface area contributed by atoms with Crippen LogP contribution in [0.25, 0.3) is 0 Å². The molecule has 0 aromatic heterocycles. The number of benzene rings is 2. The topological polar surface area (TPSA) is 45.7 Å². The Morgan fingerprint density at radius 3 is 2.59 bits per heavy atom. The van der Waals surface area contributed by atoms with E-state index in [2.05, 4.69) is 41.8 Å². The highest BCUT2D eigenvalue weighted by Gasteiger charge is 2.27. The van der Waals surface area contributed by atoms with Gasteiger partial charge in [-0.25, -0.2) is 4.39 Å². The van der Waals surface area contributed by atoms with Crippen LogP contribution in [-0.4, -0.2) is 32.2 Å². The van der Waals surface area contributed by atoms with Gasteiger partial charge in [0.05, 0.1) is 6.10 Å². The number of nitrogens with zero attached hydrogens (tertiary/aromatic N) is 1. The van der Waals surface area contributed by atoms with Gasteiger partial charge in [0.25, 0.3) is 0 Å². The summed E-state index contributed by atoms with van der Waals surface area (Å²) in [6.45, 7) is 5.17. The van der Waals surface area contributed by atoms with Crippen molar-refractivity contribution in [3.8, 4) is 0 Å². The largest absolute Gasteiger partial charge is 0.373 e. The zero-order valence-electron chi connectivity index (χ0n) is 16.9. The normalized spacial score (nSPS) is 19.3. The van der Waals surface area contributed by atoms with Crippen LogP contribution >= 0.6 is 24.0 Å². The minimum absolute atomic E-state index is 0. The summed E-state index contributed by atoms with van der Waals surface area (Å²) in [5, 5.41) is 6.69. The average Bonchev–Trinajstić information content (AvgIpc) is 2.74. The summed E-state index contributed by atoms with van der Waals surface area (Å²) in [7, 11) is 0. The molecule has 1 heterocycles. The van der Waals surface area contributed by atoms with Gasteiger partial charge in [0, 0.05) is 32.2 Å². The van der Waals surface area contributed by atoms with Gasteiger partial charge < -0.3 is 15.4 Å². The highest BCUT2D eigenvalue weighted by atomic mass is 127. The van der Waals surface area contributed by atoms with Crippen molar-refractivity contribution in [2.24, 2.45) is 10.9 Å². The molecule has 2 aromatic rings. The first-order chi connectivity index (χ1) is 13.8. The molecule has 0 bridgehead atoms. The zero-order valence-corrected chi connectivity index (χ0v) is 19.3. The van der Waals surface area contributed by atoms with Crippen LogP contribution in [0.1, 0.15) is 37.0 Å². The molecule has 1 aliphatic heterocycles. The lowest BCUT2D eigenvalue weighted by Crippen LogP contribution is -2.39. The lowest BCUT2D eigenvalue weighted by Gasteiger charge is -2.31. The number of hydrogen-bond acceptors (Lipinski definition) is 2. The fourth-order valence-electron chi connectivity index (χ4n) is 3.57. The van der Waals surface area contributed by atoms with E-state index in [-0.39, 0.29) is 35.9 Å². The average molecular weight is 511 g/mol. The molecule has 1 saturated heterocycles. The van der Waals surface area contributed by atoms with E-state index in [0.29, 0.717) is 5.92 Å². The standard InChI is InChI=1S/C23H30FN3O.HI/c1-2-25-23(26-15-14-18-10-12-21(24)13-11-18)27-17-20-9-6-16-28-22(20)19-7-4-3-5-8-19;/h3-5,7-8,10-13,20,22H,2,6,9,14-17H2,1H3,(H2,25,26,27);1H. The molecule has 6 heteroatoms. The third-order valence-corrected chi connectivity index (χ3v) is 5.02. The number of halogens is 2. The molecule has 1 aliphatic rings. The third-order valence-electron chi connectivity index (χ3n) is 5.02. The summed E-state index contributed by atoms with van der Waals surface area (Å²) in [5.74, 6) is 1.000. The Labute approximate surface area is 190 Å². The lowest BCUT2D eigenvalue weighted by atomic mass is 9.89. The second-order valence-electron chi connectivity index (χ2n) is 7.13. The quantitative estimate of drug-likeness (QED) is 0.322. The lowest BCUT2D eigenvalue weighted by molar-refractivity contribution is -0.0250. The Balaban J connectivity index is 0.00000300. The second-order valence-corrected chi connectivity index (χ2v) is 7.13. The maximum absolute atomic E-state index is 13.0. The molecule has 0 saturated carbocycles. The van der Waals surface area contributed by atoms with Crippen LogP contribution in [0, 0.1) is 11.7 Å². The number of ether oxygens (including phenoxy) is 1. The SMILES string of the molecule is CCNC(=NCC1CCCOC1c1ccccc1)NCCc1ccc(F)cc1.I. The van der Waals surface area contributed by atoms with Gasteiger partial charge in [-0.15, -0.1) is 24.0 Å². The minimum atomic E-state index is -0.200. The summed E-state index contributed by atoms with van der Waals surface area (Å²) >= 11 is 0. The molecular weight excluding hydrogens is 480 g/mol. The predicted octanol–water partition coefficient (Wildman–Crippen LogP) is 4.71. The molecule has 0 spiro atoms. The molecule has 2 atom stereocenters. The maximum atomic E-state index is 13.0. The highest BCUT2D eigenvalue weighted by Crippen LogP contribution is 2.33.